The van der Waals surface area contributed by atoms with Crippen molar-refractivity contribution in [1.82, 2.24) is 9.55 Å². The number of hydrogen-bond acceptors (Lipinski definition) is 1. The van der Waals surface area contributed by atoms with E-state index < -0.39 is 0 Å². The Kier molecular flexibility index (Phi) is 2.81. The Morgan fingerprint density at radius 1 is 1.33 bits per heavy atom. The number of aromatic amines is 1. The standard InChI is InChI=1S/C15H20N2S/c1-11-5-6-13-12(9-11)16-14(18)17(13)10-15(2)7-3-4-8-15/h5-6,9H,3-4,7-8,10H2,1-2H3,(H,16,18). The monoisotopic (exact) mass is 260 g/mol. The van der Waals surface area contributed by atoms with E-state index in [1.807, 2.05) is 0 Å². The van der Waals surface area contributed by atoms with E-state index >= 15 is 0 Å². The molecule has 1 saturated carbocycles. The zero-order valence-electron chi connectivity index (χ0n) is 11.1. The maximum atomic E-state index is 5.49. The number of fused-ring (bicyclic) bond motifs is 1. The minimum Gasteiger partial charge on any atom is -0.331 e. The van der Waals surface area contributed by atoms with Crippen LogP contribution in [0.1, 0.15) is 38.2 Å². The molecule has 2 nitrogen and oxygen atoms in total. The maximum Gasteiger partial charge on any atom is 0.178 e. The first-order valence-electron chi connectivity index (χ1n) is 6.77. The fraction of sp³-hybridized carbons (Fsp3) is 0.533. The molecule has 0 saturated heterocycles. The van der Waals surface area contributed by atoms with E-state index in [9.17, 15) is 0 Å². The first-order chi connectivity index (χ1) is 8.57. The summed E-state index contributed by atoms with van der Waals surface area (Å²) >= 11 is 5.49. The average Bonchev–Trinajstić information content (AvgIpc) is 2.85. The maximum absolute atomic E-state index is 5.49. The predicted octanol–water partition coefficient (Wildman–Crippen LogP) is 4.59. The topological polar surface area (TPSA) is 20.7 Å². The van der Waals surface area contributed by atoms with Gasteiger partial charge in [0.2, 0.25) is 0 Å². The van der Waals surface area contributed by atoms with Crippen LogP contribution in [0, 0.1) is 17.1 Å². The first-order valence-corrected chi connectivity index (χ1v) is 7.17. The summed E-state index contributed by atoms with van der Waals surface area (Å²) in [5.41, 5.74) is 4.12. The number of imidazole rings is 1. The molecule has 1 heterocycles. The highest BCUT2D eigenvalue weighted by atomic mass is 32.1. The number of nitrogens with one attached hydrogen (secondary N) is 1. The second kappa shape index (κ2) is 4.23. The van der Waals surface area contributed by atoms with Gasteiger partial charge in [0.05, 0.1) is 11.0 Å². The molecule has 1 fully saturated rings. The van der Waals surface area contributed by atoms with Gasteiger partial charge in [-0.3, -0.25) is 0 Å². The molecule has 1 N–H and O–H groups in total. The van der Waals surface area contributed by atoms with Crippen LogP contribution >= 0.6 is 12.2 Å². The van der Waals surface area contributed by atoms with Crippen LogP contribution < -0.4 is 0 Å². The molecule has 1 aromatic heterocycles. The average molecular weight is 260 g/mol. The molecule has 1 aromatic carbocycles. The van der Waals surface area contributed by atoms with Crippen molar-refractivity contribution in [3.05, 3.63) is 28.5 Å². The zero-order valence-corrected chi connectivity index (χ0v) is 11.9. The highest BCUT2D eigenvalue weighted by Crippen LogP contribution is 2.39. The van der Waals surface area contributed by atoms with Crippen LogP contribution in [0.3, 0.4) is 0 Å². The Labute approximate surface area is 113 Å². The van der Waals surface area contributed by atoms with E-state index in [-0.39, 0.29) is 0 Å². The van der Waals surface area contributed by atoms with Gasteiger partial charge in [0, 0.05) is 6.54 Å². The first kappa shape index (κ1) is 12.0. The molecule has 3 heteroatoms. The fourth-order valence-corrected chi connectivity index (χ4v) is 3.48. The molecule has 0 bridgehead atoms. The molecule has 3 rings (SSSR count). The van der Waals surface area contributed by atoms with Crippen molar-refractivity contribution in [2.24, 2.45) is 5.41 Å². The molecule has 1 aliphatic carbocycles. The number of rotatable bonds is 2. The number of benzene rings is 1. The van der Waals surface area contributed by atoms with E-state index in [1.54, 1.807) is 0 Å². The number of aryl methyl sites for hydroxylation is 1. The van der Waals surface area contributed by atoms with Gasteiger partial charge in [-0.1, -0.05) is 25.8 Å². The van der Waals surface area contributed by atoms with E-state index in [0.717, 1.165) is 11.3 Å². The lowest BCUT2D eigenvalue weighted by Gasteiger charge is -2.24. The van der Waals surface area contributed by atoms with E-state index in [0.29, 0.717) is 5.41 Å². The molecule has 18 heavy (non-hydrogen) atoms. The summed E-state index contributed by atoms with van der Waals surface area (Å²) in [5, 5.41) is 0. The second-order valence-corrected chi connectivity index (χ2v) is 6.44. The Morgan fingerprint density at radius 2 is 2.06 bits per heavy atom. The molecule has 0 unspecified atom stereocenters. The molecule has 96 valence electrons. The van der Waals surface area contributed by atoms with E-state index in [4.69, 9.17) is 12.2 Å². The lowest BCUT2D eigenvalue weighted by molar-refractivity contribution is 0.284. The molecule has 1 aliphatic rings. The molecular formula is C15H20N2S. The summed E-state index contributed by atoms with van der Waals surface area (Å²) < 4.78 is 3.15. The lowest BCUT2D eigenvalue weighted by atomic mass is 9.89. The Morgan fingerprint density at radius 3 is 2.78 bits per heavy atom. The molecule has 0 aliphatic heterocycles. The Hall–Kier alpha value is -1.09. The molecule has 2 aromatic rings. The van der Waals surface area contributed by atoms with Crippen LogP contribution in [-0.2, 0) is 6.54 Å². The minimum absolute atomic E-state index is 0.429. The van der Waals surface area contributed by atoms with Gasteiger partial charge in [-0.2, -0.15) is 0 Å². The molecule has 0 radical (unpaired) electrons. The van der Waals surface area contributed by atoms with Crippen molar-refractivity contribution in [3.63, 3.8) is 0 Å². The van der Waals surface area contributed by atoms with Crippen molar-refractivity contribution in [2.75, 3.05) is 0 Å². The SMILES string of the molecule is Cc1ccc2c(c1)[nH]c(=S)n2CC1(C)CCCC1. The lowest BCUT2D eigenvalue weighted by Crippen LogP contribution is -2.19. The molecule has 0 amide bonds. The van der Waals surface area contributed by atoms with Gasteiger partial charge in [-0.25, -0.2) is 0 Å². The summed E-state index contributed by atoms with van der Waals surface area (Å²) in [5.74, 6) is 0. The van der Waals surface area contributed by atoms with Gasteiger partial charge in [0.25, 0.3) is 0 Å². The van der Waals surface area contributed by atoms with Crippen molar-refractivity contribution in [1.29, 1.82) is 0 Å². The van der Waals surface area contributed by atoms with Crippen molar-refractivity contribution >= 4 is 23.3 Å². The molecular weight excluding hydrogens is 240 g/mol. The highest BCUT2D eigenvalue weighted by Gasteiger charge is 2.29. The van der Waals surface area contributed by atoms with Crippen LogP contribution in [0.5, 0.6) is 0 Å². The summed E-state index contributed by atoms with van der Waals surface area (Å²) in [6, 6.07) is 6.53. The zero-order chi connectivity index (χ0) is 12.8. The van der Waals surface area contributed by atoms with Gasteiger partial charge in [0.15, 0.2) is 4.77 Å². The van der Waals surface area contributed by atoms with E-state index in [2.05, 4.69) is 41.6 Å². The number of nitrogens with zero attached hydrogens (tertiary/aromatic N) is 1. The third kappa shape index (κ3) is 2.01. The van der Waals surface area contributed by atoms with Crippen LogP contribution in [0.15, 0.2) is 18.2 Å². The summed E-state index contributed by atoms with van der Waals surface area (Å²) in [6.07, 6.45) is 5.39. The number of hydrogen-bond donors (Lipinski definition) is 1. The normalized spacial score (nSPS) is 18.6. The van der Waals surface area contributed by atoms with Crippen LogP contribution in [0.2, 0.25) is 0 Å². The van der Waals surface area contributed by atoms with Gasteiger partial charge >= 0.3 is 0 Å². The van der Waals surface area contributed by atoms with Gasteiger partial charge < -0.3 is 9.55 Å². The summed E-state index contributed by atoms with van der Waals surface area (Å²) in [4.78, 5) is 3.34. The van der Waals surface area contributed by atoms with Gasteiger partial charge in [-0.15, -0.1) is 0 Å². The third-order valence-electron chi connectivity index (χ3n) is 4.28. The van der Waals surface area contributed by atoms with E-state index in [1.165, 1.54) is 42.3 Å². The predicted molar refractivity (Wildman–Crippen MR) is 78.4 cm³/mol. The minimum atomic E-state index is 0.429. The smallest absolute Gasteiger partial charge is 0.178 e. The highest BCUT2D eigenvalue weighted by molar-refractivity contribution is 7.71. The van der Waals surface area contributed by atoms with Gasteiger partial charge in [0.1, 0.15) is 0 Å². The van der Waals surface area contributed by atoms with Crippen molar-refractivity contribution < 1.29 is 0 Å². The van der Waals surface area contributed by atoms with Crippen LogP contribution in [-0.4, -0.2) is 9.55 Å². The second-order valence-electron chi connectivity index (χ2n) is 6.05. The summed E-state index contributed by atoms with van der Waals surface area (Å²) in [6.45, 7) is 5.57. The van der Waals surface area contributed by atoms with Crippen LogP contribution in [0.4, 0.5) is 0 Å². The summed E-state index contributed by atoms with van der Waals surface area (Å²) in [7, 11) is 0. The molecule has 0 atom stereocenters. The number of H-pyrrole nitrogens is 1. The van der Waals surface area contributed by atoms with Crippen LogP contribution in [0.25, 0.3) is 11.0 Å². The van der Waals surface area contributed by atoms with Crippen molar-refractivity contribution in [2.45, 2.75) is 46.1 Å². The third-order valence-corrected chi connectivity index (χ3v) is 4.60. The number of aromatic nitrogens is 2. The Bertz CT molecular complexity index is 629. The Balaban J connectivity index is 2.06. The molecule has 0 spiro atoms. The quantitative estimate of drug-likeness (QED) is 0.783. The fourth-order valence-electron chi connectivity index (χ4n) is 3.20. The van der Waals surface area contributed by atoms with Crippen molar-refractivity contribution in [3.8, 4) is 0 Å². The largest absolute Gasteiger partial charge is 0.331 e. The van der Waals surface area contributed by atoms with Gasteiger partial charge in [-0.05, 0) is 55.1 Å².